The van der Waals surface area contributed by atoms with Gasteiger partial charge >= 0.3 is 0 Å². The highest BCUT2D eigenvalue weighted by Crippen LogP contribution is 2.39. The molecule has 2 aliphatic rings. The fraction of sp³-hybridized carbons (Fsp3) is 0.615. The molecule has 0 radical (unpaired) electrons. The standard InChI is InChI=1S/C13H18N2O/c1-9-7-13(16-15-9)11-4-2-3-10-5-6-14-8-12(10)11/h4,7,10,12,14H,2-3,5-6,8H2,1H3. The molecular formula is C13H18N2O. The Kier molecular flexibility index (Phi) is 2.56. The molecule has 3 nitrogen and oxygen atoms in total. The third kappa shape index (κ3) is 1.69. The van der Waals surface area contributed by atoms with E-state index in [0.29, 0.717) is 5.92 Å². The molecule has 0 amide bonds. The molecule has 0 aromatic carbocycles. The van der Waals surface area contributed by atoms with Gasteiger partial charge in [-0.15, -0.1) is 0 Å². The Hall–Kier alpha value is -1.09. The summed E-state index contributed by atoms with van der Waals surface area (Å²) in [5.41, 5.74) is 2.35. The lowest BCUT2D eigenvalue weighted by Gasteiger charge is -2.35. The van der Waals surface area contributed by atoms with Crippen LogP contribution in [0.3, 0.4) is 0 Å². The fourth-order valence-corrected chi connectivity index (χ4v) is 3.01. The predicted molar refractivity (Wildman–Crippen MR) is 62.9 cm³/mol. The van der Waals surface area contributed by atoms with E-state index in [2.05, 4.69) is 22.6 Å². The van der Waals surface area contributed by atoms with Crippen LogP contribution >= 0.6 is 0 Å². The average molecular weight is 218 g/mol. The van der Waals surface area contributed by atoms with Gasteiger partial charge in [-0.2, -0.15) is 0 Å². The van der Waals surface area contributed by atoms with E-state index in [1.807, 2.05) is 6.92 Å². The largest absolute Gasteiger partial charge is 0.356 e. The zero-order chi connectivity index (χ0) is 11.0. The molecule has 0 saturated carbocycles. The third-order valence-corrected chi connectivity index (χ3v) is 3.84. The molecule has 1 aromatic heterocycles. The number of allylic oxidation sites excluding steroid dienone is 1. The topological polar surface area (TPSA) is 38.1 Å². The number of rotatable bonds is 1. The van der Waals surface area contributed by atoms with E-state index < -0.39 is 0 Å². The first-order valence-corrected chi connectivity index (χ1v) is 6.19. The van der Waals surface area contributed by atoms with E-state index in [9.17, 15) is 0 Å². The number of fused-ring (bicyclic) bond motifs is 1. The minimum Gasteiger partial charge on any atom is -0.356 e. The Balaban J connectivity index is 1.90. The molecule has 3 heteroatoms. The first kappa shape index (κ1) is 10.1. The lowest BCUT2D eigenvalue weighted by molar-refractivity contribution is 0.278. The van der Waals surface area contributed by atoms with Gasteiger partial charge < -0.3 is 9.84 Å². The van der Waals surface area contributed by atoms with Gasteiger partial charge in [0.1, 0.15) is 0 Å². The third-order valence-electron chi connectivity index (χ3n) is 3.84. The van der Waals surface area contributed by atoms with Crippen LogP contribution in [0.25, 0.3) is 5.57 Å². The second kappa shape index (κ2) is 4.06. The number of nitrogens with one attached hydrogen (secondary N) is 1. The maximum atomic E-state index is 5.41. The Bertz CT molecular complexity index is 408. The van der Waals surface area contributed by atoms with Gasteiger partial charge in [-0.3, -0.25) is 0 Å². The van der Waals surface area contributed by atoms with Crippen LogP contribution < -0.4 is 5.32 Å². The van der Waals surface area contributed by atoms with Crippen LogP contribution in [0.5, 0.6) is 0 Å². The summed E-state index contributed by atoms with van der Waals surface area (Å²) in [5.74, 6) is 2.46. The van der Waals surface area contributed by atoms with E-state index in [1.165, 1.54) is 31.4 Å². The van der Waals surface area contributed by atoms with E-state index in [4.69, 9.17) is 4.52 Å². The second-order valence-electron chi connectivity index (χ2n) is 4.93. The number of aryl methyl sites for hydroxylation is 1. The van der Waals surface area contributed by atoms with Crippen LogP contribution in [0, 0.1) is 18.8 Å². The van der Waals surface area contributed by atoms with Gasteiger partial charge in [0.2, 0.25) is 0 Å². The molecular weight excluding hydrogens is 200 g/mol. The Morgan fingerprint density at radius 3 is 3.19 bits per heavy atom. The molecule has 16 heavy (non-hydrogen) atoms. The zero-order valence-electron chi connectivity index (χ0n) is 9.70. The molecule has 2 unspecified atom stereocenters. The van der Waals surface area contributed by atoms with Crippen molar-refractivity contribution < 1.29 is 4.52 Å². The summed E-state index contributed by atoms with van der Waals surface area (Å²) in [6, 6.07) is 2.06. The highest BCUT2D eigenvalue weighted by atomic mass is 16.5. The molecule has 3 rings (SSSR count). The molecule has 1 saturated heterocycles. The monoisotopic (exact) mass is 218 g/mol. The maximum Gasteiger partial charge on any atom is 0.163 e. The SMILES string of the molecule is Cc1cc(C2=CCCC3CCNCC23)on1. The number of hydrogen-bond acceptors (Lipinski definition) is 3. The van der Waals surface area contributed by atoms with Crippen molar-refractivity contribution in [2.75, 3.05) is 13.1 Å². The van der Waals surface area contributed by atoms with Crippen molar-refractivity contribution in [2.24, 2.45) is 11.8 Å². The lowest BCUT2D eigenvalue weighted by atomic mass is 9.74. The molecule has 0 spiro atoms. The van der Waals surface area contributed by atoms with Gasteiger partial charge in [0, 0.05) is 18.5 Å². The summed E-state index contributed by atoms with van der Waals surface area (Å²) >= 11 is 0. The number of hydrogen-bond donors (Lipinski definition) is 1. The highest BCUT2D eigenvalue weighted by molar-refractivity contribution is 5.65. The quantitative estimate of drug-likeness (QED) is 0.786. The molecule has 2 heterocycles. The summed E-state index contributed by atoms with van der Waals surface area (Å²) in [6.45, 7) is 4.24. The summed E-state index contributed by atoms with van der Waals surface area (Å²) < 4.78 is 5.41. The smallest absolute Gasteiger partial charge is 0.163 e. The lowest BCUT2D eigenvalue weighted by Crippen LogP contribution is -2.38. The first-order valence-electron chi connectivity index (χ1n) is 6.19. The molecule has 1 fully saturated rings. The van der Waals surface area contributed by atoms with Crippen molar-refractivity contribution >= 4 is 5.57 Å². The first-order chi connectivity index (χ1) is 7.84. The molecule has 2 atom stereocenters. The Morgan fingerprint density at radius 2 is 2.38 bits per heavy atom. The van der Waals surface area contributed by atoms with Crippen molar-refractivity contribution in [2.45, 2.75) is 26.2 Å². The summed E-state index contributed by atoms with van der Waals surface area (Å²) in [4.78, 5) is 0. The van der Waals surface area contributed by atoms with Gasteiger partial charge in [-0.05, 0) is 44.2 Å². The van der Waals surface area contributed by atoms with Crippen LogP contribution in [0.15, 0.2) is 16.7 Å². The van der Waals surface area contributed by atoms with E-state index in [0.717, 1.165) is 23.9 Å². The van der Waals surface area contributed by atoms with Gasteiger partial charge in [-0.1, -0.05) is 11.2 Å². The Morgan fingerprint density at radius 1 is 1.44 bits per heavy atom. The van der Waals surface area contributed by atoms with Crippen LogP contribution in [0.1, 0.15) is 30.7 Å². The molecule has 1 aliphatic carbocycles. The van der Waals surface area contributed by atoms with Crippen molar-refractivity contribution in [1.82, 2.24) is 10.5 Å². The number of nitrogens with zero attached hydrogens (tertiary/aromatic N) is 1. The Labute approximate surface area is 95.9 Å². The summed E-state index contributed by atoms with van der Waals surface area (Å²) in [6.07, 6.45) is 6.17. The number of aromatic nitrogens is 1. The van der Waals surface area contributed by atoms with E-state index >= 15 is 0 Å². The molecule has 86 valence electrons. The molecule has 1 aliphatic heterocycles. The fourth-order valence-electron chi connectivity index (χ4n) is 3.01. The van der Waals surface area contributed by atoms with Gasteiger partial charge in [0.15, 0.2) is 5.76 Å². The summed E-state index contributed by atoms with van der Waals surface area (Å²) in [7, 11) is 0. The number of piperidine rings is 1. The summed E-state index contributed by atoms with van der Waals surface area (Å²) in [5, 5.41) is 7.48. The zero-order valence-corrected chi connectivity index (χ0v) is 9.70. The predicted octanol–water partition coefficient (Wildman–Crippen LogP) is 2.39. The van der Waals surface area contributed by atoms with Crippen LogP contribution in [-0.2, 0) is 0 Å². The van der Waals surface area contributed by atoms with Gasteiger partial charge in [0.05, 0.1) is 5.69 Å². The molecule has 0 bridgehead atoms. The van der Waals surface area contributed by atoms with Crippen LogP contribution in [0.2, 0.25) is 0 Å². The van der Waals surface area contributed by atoms with Crippen molar-refractivity contribution in [3.8, 4) is 0 Å². The van der Waals surface area contributed by atoms with Crippen molar-refractivity contribution in [3.05, 3.63) is 23.6 Å². The average Bonchev–Trinajstić information content (AvgIpc) is 2.75. The van der Waals surface area contributed by atoms with Gasteiger partial charge in [0.25, 0.3) is 0 Å². The van der Waals surface area contributed by atoms with Crippen LogP contribution in [0.4, 0.5) is 0 Å². The van der Waals surface area contributed by atoms with Crippen LogP contribution in [-0.4, -0.2) is 18.2 Å². The van der Waals surface area contributed by atoms with E-state index in [-0.39, 0.29) is 0 Å². The van der Waals surface area contributed by atoms with Crippen molar-refractivity contribution in [1.29, 1.82) is 0 Å². The van der Waals surface area contributed by atoms with E-state index in [1.54, 1.807) is 0 Å². The second-order valence-corrected chi connectivity index (χ2v) is 4.93. The van der Waals surface area contributed by atoms with Crippen molar-refractivity contribution in [3.63, 3.8) is 0 Å². The minimum atomic E-state index is 0.634. The maximum absolute atomic E-state index is 5.41. The molecule has 1 aromatic rings. The molecule has 1 N–H and O–H groups in total. The van der Waals surface area contributed by atoms with Gasteiger partial charge in [-0.25, -0.2) is 0 Å². The normalized spacial score (nSPS) is 29.7. The highest BCUT2D eigenvalue weighted by Gasteiger charge is 2.32. The minimum absolute atomic E-state index is 0.634.